The van der Waals surface area contributed by atoms with E-state index >= 15 is 0 Å². The van der Waals surface area contributed by atoms with Crippen molar-refractivity contribution in [3.63, 3.8) is 0 Å². The first-order valence-corrected chi connectivity index (χ1v) is 7.16. The minimum atomic E-state index is -1.45. The molecule has 1 aliphatic heterocycles. The zero-order chi connectivity index (χ0) is 16.7. The Morgan fingerprint density at radius 3 is 2.83 bits per heavy atom. The number of ether oxygens (including phenoxy) is 1. The third-order valence-corrected chi connectivity index (χ3v) is 3.94. The Morgan fingerprint density at radius 2 is 2.13 bits per heavy atom. The molecule has 0 saturated carbocycles. The molecule has 10 nitrogen and oxygen atoms in total. The molecule has 0 spiro atoms. The van der Waals surface area contributed by atoms with Crippen molar-refractivity contribution in [2.45, 2.75) is 44.0 Å². The fraction of sp³-hybridized carbons (Fsp3) is 0.615. The number of nitrogens with zero attached hydrogens (tertiary/aromatic N) is 3. The van der Waals surface area contributed by atoms with Gasteiger partial charge in [0.25, 0.3) is 5.56 Å². The number of aryl methyl sites for hydroxylation is 1. The van der Waals surface area contributed by atoms with Crippen LogP contribution in [0.2, 0.25) is 0 Å². The first kappa shape index (κ1) is 16.0. The van der Waals surface area contributed by atoms with Crippen molar-refractivity contribution in [2.75, 3.05) is 6.61 Å². The summed E-state index contributed by atoms with van der Waals surface area (Å²) < 4.78 is 7.04. The lowest BCUT2D eigenvalue weighted by Crippen LogP contribution is -2.44. The van der Waals surface area contributed by atoms with Crippen LogP contribution < -0.4 is 5.56 Å². The molecule has 1 aliphatic rings. The van der Waals surface area contributed by atoms with E-state index in [1.54, 1.807) is 6.92 Å². The fourth-order valence-electron chi connectivity index (χ4n) is 2.71. The van der Waals surface area contributed by atoms with Crippen LogP contribution in [0.5, 0.6) is 0 Å². The third kappa shape index (κ3) is 2.75. The summed E-state index contributed by atoms with van der Waals surface area (Å²) >= 11 is 0. The summed E-state index contributed by atoms with van der Waals surface area (Å²) in [6.45, 7) is 1.08. The van der Waals surface area contributed by atoms with Gasteiger partial charge in [0.15, 0.2) is 11.2 Å². The van der Waals surface area contributed by atoms with E-state index in [-0.39, 0.29) is 17.6 Å². The fourth-order valence-corrected chi connectivity index (χ4v) is 2.71. The molecule has 5 N–H and O–H groups in total. The van der Waals surface area contributed by atoms with Crippen molar-refractivity contribution in [1.29, 1.82) is 0 Å². The Kier molecular flexibility index (Phi) is 4.17. The summed E-state index contributed by atoms with van der Waals surface area (Å²) in [4.78, 5) is 22.6. The molecule has 0 bridgehead atoms. The van der Waals surface area contributed by atoms with Crippen LogP contribution in [0.3, 0.4) is 0 Å². The van der Waals surface area contributed by atoms with Crippen molar-refractivity contribution in [3.8, 4) is 0 Å². The predicted octanol–water partition coefficient (Wildman–Crippen LogP) is -2.21. The van der Waals surface area contributed by atoms with E-state index < -0.39 is 42.8 Å². The van der Waals surface area contributed by atoms with Gasteiger partial charge in [0, 0.05) is 6.42 Å². The van der Waals surface area contributed by atoms with Crippen LogP contribution >= 0.6 is 0 Å². The number of aliphatic hydroxyl groups is 4. The summed E-state index contributed by atoms with van der Waals surface area (Å²) in [5.74, 6) is 0.386. The van der Waals surface area contributed by atoms with E-state index in [9.17, 15) is 25.2 Å². The number of aliphatic hydroxyl groups excluding tert-OH is 4. The van der Waals surface area contributed by atoms with Crippen LogP contribution in [0, 0.1) is 6.92 Å². The molecule has 0 amide bonds. The molecule has 0 radical (unpaired) electrons. The lowest BCUT2D eigenvalue weighted by Gasteiger charge is -2.24. The van der Waals surface area contributed by atoms with Gasteiger partial charge >= 0.3 is 0 Å². The number of nitrogens with one attached hydrogen (secondary N) is 1. The van der Waals surface area contributed by atoms with E-state index in [0.29, 0.717) is 5.82 Å². The number of hydrogen-bond acceptors (Lipinski definition) is 8. The number of hydrogen-bond donors (Lipinski definition) is 5. The molecular weight excluding hydrogens is 308 g/mol. The van der Waals surface area contributed by atoms with Crippen LogP contribution in [-0.2, 0) is 4.74 Å². The normalized spacial score (nSPS) is 32.1. The number of rotatable bonds is 2. The van der Waals surface area contributed by atoms with Crippen molar-refractivity contribution < 1.29 is 25.2 Å². The summed E-state index contributed by atoms with van der Waals surface area (Å²) in [6.07, 6.45) is -4.83. The molecule has 126 valence electrons. The van der Waals surface area contributed by atoms with Gasteiger partial charge in [-0.3, -0.25) is 9.36 Å². The molecular formula is C13H18N4O6. The average Bonchev–Trinajstić information content (AvgIpc) is 2.89. The molecule has 2 aromatic heterocycles. The van der Waals surface area contributed by atoms with Crippen LogP contribution in [0.25, 0.3) is 11.2 Å². The highest BCUT2D eigenvalue weighted by Gasteiger charge is 2.39. The Hall–Kier alpha value is -1.85. The predicted molar refractivity (Wildman–Crippen MR) is 76.5 cm³/mol. The molecule has 5 atom stereocenters. The lowest BCUT2D eigenvalue weighted by atomic mass is 10.0. The van der Waals surface area contributed by atoms with Crippen molar-refractivity contribution in [1.82, 2.24) is 19.5 Å². The summed E-state index contributed by atoms with van der Waals surface area (Å²) in [5.41, 5.74) is -0.0372. The maximum absolute atomic E-state index is 11.9. The second kappa shape index (κ2) is 5.98. The van der Waals surface area contributed by atoms with Gasteiger partial charge in [0.2, 0.25) is 0 Å². The van der Waals surface area contributed by atoms with Gasteiger partial charge in [-0.2, -0.15) is 0 Å². The number of aromatic nitrogens is 4. The second-order valence-corrected chi connectivity index (χ2v) is 5.57. The van der Waals surface area contributed by atoms with E-state index in [0.717, 1.165) is 0 Å². The van der Waals surface area contributed by atoms with E-state index in [1.165, 1.54) is 10.9 Å². The lowest BCUT2D eigenvalue weighted by molar-refractivity contribution is -0.130. The van der Waals surface area contributed by atoms with E-state index in [4.69, 9.17) is 4.74 Å². The van der Waals surface area contributed by atoms with Crippen molar-refractivity contribution in [3.05, 3.63) is 22.5 Å². The second-order valence-electron chi connectivity index (χ2n) is 5.57. The van der Waals surface area contributed by atoms with Crippen LogP contribution in [0.1, 0.15) is 18.5 Å². The monoisotopic (exact) mass is 326 g/mol. The van der Waals surface area contributed by atoms with E-state index in [1.807, 2.05) is 0 Å². The molecule has 3 heterocycles. The zero-order valence-corrected chi connectivity index (χ0v) is 12.3. The molecule has 1 saturated heterocycles. The van der Waals surface area contributed by atoms with E-state index in [2.05, 4.69) is 15.0 Å². The maximum Gasteiger partial charge on any atom is 0.279 e. The summed E-state index contributed by atoms with van der Waals surface area (Å²) in [6, 6.07) is 0. The summed E-state index contributed by atoms with van der Waals surface area (Å²) in [5, 5.41) is 39.1. The highest BCUT2D eigenvalue weighted by atomic mass is 16.5. The number of H-pyrrole nitrogens is 1. The molecule has 1 fully saturated rings. The van der Waals surface area contributed by atoms with Crippen LogP contribution in [-0.4, -0.2) is 71.0 Å². The molecule has 10 heteroatoms. The molecule has 2 aromatic rings. The Morgan fingerprint density at radius 1 is 1.39 bits per heavy atom. The average molecular weight is 326 g/mol. The Labute approximate surface area is 130 Å². The van der Waals surface area contributed by atoms with Gasteiger partial charge in [-0.25, -0.2) is 9.97 Å². The smallest absolute Gasteiger partial charge is 0.279 e. The highest BCUT2D eigenvalue weighted by Crippen LogP contribution is 2.28. The molecule has 23 heavy (non-hydrogen) atoms. The highest BCUT2D eigenvalue weighted by molar-refractivity contribution is 5.69. The minimum absolute atomic E-state index is 0.0618. The number of fused-ring (bicyclic) bond motifs is 1. The van der Waals surface area contributed by atoms with Gasteiger partial charge in [-0.1, -0.05) is 0 Å². The quantitative estimate of drug-likeness (QED) is 0.416. The zero-order valence-electron chi connectivity index (χ0n) is 12.3. The van der Waals surface area contributed by atoms with Gasteiger partial charge in [-0.05, 0) is 6.92 Å². The molecule has 3 rings (SSSR count). The SMILES string of the molecule is Cc1nc2c(ncn2C2C[C@H](O)[C@@H](O)[C@H](O)[C@@H](CO)O2)c(=O)[nH]1. The summed E-state index contributed by atoms with van der Waals surface area (Å²) in [7, 11) is 0. The standard InChI is InChI=1S/C13H18N4O6/c1-5-15-12-9(13(22)16-5)14-4-17(12)8-2-6(19)10(20)11(21)7(3-18)23-8/h4,6-8,10-11,18-21H,2-3H2,1H3,(H,15,16,22)/t6-,7+,8?,10+,11+/m0/s1. The van der Waals surface area contributed by atoms with Crippen molar-refractivity contribution >= 4 is 11.2 Å². The van der Waals surface area contributed by atoms with Crippen LogP contribution in [0.15, 0.2) is 11.1 Å². The van der Waals surface area contributed by atoms with Gasteiger partial charge in [0.1, 0.15) is 30.4 Å². The topological polar surface area (TPSA) is 154 Å². The molecule has 1 unspecified atom stereocenters. The van der Waals surface area contributed by atoms with Gasteiger partial charge in [-0.15, -0.1) is 0 Å². The number of aromatic amines is 1. The minimum Gasteiger partial charge on any atom is -0.394 e. The van der Waals surface area contributed by atoms with Crippen molar-refractivity contribution in [2.24, 2.45) is 0 Å². The first-order chi connectivity index (χ1) is 10.9. The maximum atomic E-state index is 11.9. The Balaban J connectivity index is 2.05. The largest absolute Gasteiger partial charge is 0.394 e. The van der Waals surface area contributed by atoms with Crippen LogP contribution in [0.4, 0.5) is 0 Å². The number of imidazole rings is 1. The Bertz CT molecular complexity index is 758. The molecule has 0 aliphatic carbocycles. The van der Waals surface area contributed by atoms with Gasteiger partial charge in [0.05, 0.1) is 19.0 Å². The molecule has 0 aromatic carbocycles. The third-order valence-electron chi connectivity index (χ3n) is 3.94. The van der Waals surface area contributed by atoms with Gasteiger partial charge < -0.3 is 30.1 Å². The first-order valence-electron chi connectivity index (χ1n) is 7.16.